The van der Waals surface area contributed by atoms with Gasteiger partial charge < -0.3 is 19.5 Å². The van der Waals surface area contributed by atoms with Crippen molar-refractivity contribution in [2.75, 3.05) is 13.6 Å². The van der Waals surface area contributed by atoms with Crippen molar-refractivity contribution < 1.29 is 14.6 Å². The van der Waals surface area contributed by atoms with Crippen molar-refractivity contribution in [3.8, 4) is 11.5 Å². The van der Waals surface area contributed by atoms with E-state index in [0.29, 0.717) is 12.0 Å². The molecule has 4 aromatic rings. The molecule has 0 aromatic heterocycles. The largest absolute Gasteiger partial charge is 0.482 e. The fourth-order valence-corrected chi connectivity index (χ4v) is 8.17. The second-order valence-corrected chi connectivity index (χ2v) is 11.8. The molecule has 5 atom stereocenters. The third-order valence-corrected chi connectivity index (χ3v) is 9.94. The molecular weight excluding hydrogens is 494 g/mol. The molecule has 0 radical (unpaired) electrons. The average molecular weight is 528 g/mol. The van der Waals surface area contributed by atoms with Crippen molar-refractivity contribution in [3.05, 3.63) is 143 Å². The van der Waals surface area contributed by atoms with Gasteiger partial charge in [0.05, 0.1) is 0 Å². The van der Waals surface area contributed by atoms with Crippen molar-refractivity contribution in [1.82, 2.24) is 4.90 Å². The molecular formula is C36H33NO3. The molecule has 1 spiro atoms. The zero-order valence-corrected chi connectivity index (χ0v) is 22.6. The first-order valence-electron chi connectivity index (χ1n) is 14.4. The van der Waals surface area contributed by atoms with Gasteiger partial charge in [0.2, 0.25) is 0 Å². The summed E-state index contributed by atoms with van der Waals surface area (Å²) >= 11 is 0. The second kappa shape index (κ2) is 8.82. The third-order valence-electron chi connectivity index (χ3n) is 9.94. The highest BCUT2D eigenvalue weighted by Gasteiger charge is 2.64. The van der Waals surface area contributed by atoms with E-state index in [1.54, 1.807) is 0 Å². The van der Waals surface area contributed by atoms with Crippen molar-refractivity contribution >= 4 is 0 Å². The topological polar surface area (TPSA) is 41.9 Å². The molecule has 8 rings (SSSR count). The predicted molar refractivity (Wildman–Crippen MR) is 156 cm³/mol. The number of benzene rings is 4. The van der Waals surface area contributed by atoms with Gasteiger partial charge in [-0.05, 0) is 38.1 Å². The highest BCUT2D eigenvalue weighted by atomic mass is 16.5. The van der Waals surface area contributed by atoms with Crippen LogP contribution in [0.2, 0.25) is 0 Å². The molecule has 40 heavy (non-hydrogen) atoms. The van der Waals surface area contributed by atoms with Gasteiger partial charge in [0.1, 0.15) is 12.2 Å². The Morgan fingerprint density at radius 1 is 0.825 bits per heavy atom. The number of aliphatic hydroxyl groups is 1. The van der Waals surface area contributed by atoms with Crippen molar-refractivity contribution in [2.24, 2.45) is 5.92 Å². The monoisotopic (exact) mass is 527 g/mol. The molecule has 1 saturated heterocycles. The van der Waals surface area contributed by atoms with Crippen molar-refractivity contribution in [1.29, 1.82) is 0 Å². The molecule has 1 fully saturated rings. The third kappa shape index (κ3) is 3.15. The summed E-state index contributed by atoms with van der Waals surface area (Å²) in [6.07, 6.45) is 5.20. The van der Waals surface area contributed by atoms with Crippen LogP contribution in [0.3, 0.4) is 0 Å². The Balaban J connectivity index is 1.36. The molecule has 2 aliphatic carbocycles. The number of likely N-dealkylation sites (tertiary alicyclic amines) is 1. The Morgan fingerprint density at radius 2 is 1.43 bits per heavy atom. The Bertz CT molecular complexity index is 1490. The van der Waals surface area contributed by atoms with Gasteiger partial charge in [-0.3, -0.25) is 0 Å². The molecule has 4 heteroatoms. The van der Waals surface area contributed by atoms with E-state index in [1.165, 1.54) is 11.1 Å². The molecule has 2 aliphatic heterocycles. The number of likely N-dealkylation sites (N-methyl/N-ethyl adjacent to an activating group) is 1. The highest BCUT2D eigenvalue weighted by molar-refractivity contribution is 5.63. The predicted octanol–water partition coefficient (Wildman–Crippen LogP) is 5.86. The van der Waals surface area contributed by atoms with E-state index >= 15 is 0 Å². The smallest absolute Gasteiger partial charge is 0.184 e. The number of ether oxygens (including phenoxy) is 2. The lowest BCUT2D eigenvalue weighted by molar-refractivity contribution is -0.0456. The lowest BCUT2D eigenvalue weighted by Crippen LogP contribution is -2.64. The highest BCUT2D eigenvalue weighted by Crippen LogP contribution is 2.63. The van der Waals surface area contributed by atoms with E-state index in [4.69, 9.17) is 9.47 Å². The molecule has 0 unspecified atom stereocenters. The fraction of sp³-hybridized carbons (Fsp3) is 0.278. The van der Waals surface area contributed by atoms with E-state index in [2.05, 4.69) is 103 Å². The number of nitrogens with zero attached hydrogens (tertiary/aromatic N) is 1. The van der Waals surface area contributed by atoms with Gasteiger partial charge in [0, 0.05) is 39.6 Å². The van der Waals surface area contributed by atoms with Crippen LogP contribution < -0.4 is 9.47 Å². The summed E-state index contributed by atoms with van der Waals surface area (Å²) in [5.74, 6) is 1.85. The van der Waals surface area contributed by atoms with Gasteiger partial charge in [-0.1, -0.05) is 109 Å². The van der Waals surface area contributed by atoms with E-state index in [0.717, 1.165) is 47.6 Å². The van der Waals surface area contributed by atoms with Crippen LogP contribution >= 0.6 is 0 Å². The van der Waals surface area contributed by atoms with Crippen LogP contribution in [0.1, 0.15) is 34.2 Å². The van der Waals surface area contributed by atoms with Gasteiger partial charge in [-0.15, -0.1) is 0 Å². The maximum absolute atomic E-state index is 11.2. The van der Waals surface area contributed by atoms with Crippen LogP contribution in [0.25, 0.3) is 0 Å². The maximum atomic E-state index is 11.2. The molecule has 0 saturated carbocycles. The summed E-state index contributed by atoms with van der Waals surface area (Å²) < 4.78 is 14.2. The van der Waals surface area contributed by atoms with E-state index in [9.17, 15) is 5.11 Å². The fourth-order valence-electron chi connectivity index (χ4n) is 8.17. The van der Waals surface area contributed by atoms with Crippen LogP contribution in [0.5, 0.6) is 11.5 Å². The van der Waals surface area contributed by atoms with Crippen LogP contribution in [-0.4, -0.2) is 41.8 Å². The second-order valence-electron chi connectivity index (χ2n) is 11.8. The number of aliphatic hydroxyl groups excluding tert-OH is 1. The van der Waals surface area contributed by atoms with E-state index in [-0.39, 0.29) is 11.5 Å². The molecule has 200 valence electrons. The minimum Gasteiger partial charge on any atom is -0.482 e. The SMILES string of the molecule is CN1CC[C@]23c4c5ccc(OC(c6ccccc6)(c6ccccc6)c6ccccc6)c4O[C@H]2[C@@H](O)C=C[C@H]3[C@H]1C5. The molecule has 4 aliphatic rings. The van der Waals surface area contributed by atoms with Crippen LogP contribution in [0.15, 0.2) is 115 Å². The number of rotatable bonds is 5. The summed E-state index contributed by atoms with van der Waals surface area (Å²) in [5.41, 5.74) is 4.59. The molecule has 2 heterocycles. The number of hydrogen-bond donors (Lipinski definition) is 1. The summed E-state index contributed by atoms with van der Waals surface area (Å²) in [4.78, 5) is 2.49. The van der Waals surface area contributed by atoms with E-state index in [1.807, 2.05) is 24.3 Å². The quantitative estimate of drug-likeness (QED) is 0.261. The van der Waals surface area contributed by atoms with Crippen LogP contribution in [0, 0.1) is 5.92 Å². The first-order valence-corrected chi connectivity index (χ1v) is 14.4. The standard InChI is InChI=1S/C36H33NO3/c1-37-22-21-35-28-18-19-30(38)34(35)39-33-31(20-17-24(32(33)35)23-29(28)37)40-36(25-11-5-2-6-12-25,26-13-7-3-8-14-26)27-15-9-4-10-16-27/h2-20,28-30,34,38H,21-23H2,1H3/t28-,29+,30-,34-,35-/m0/s1. The average Bonchev–Trinajstić information content (AvgIpc) is 3.37. The minimum absolute atomic E-state index is 0.234. The molecule has 0 amide bonds. The Morgan fingerprint density at radius 3 is 2.02 bits per heavy atom. The molecule has 2 bridgehead atoms. The number of piperidine rings is 1. The van der Waals surface area contributed by atoms with Crippen molar-refractivity contribution in [2.45, 2.75) is 42.1 Å². The van der Waals surface area contributed by atoms with Gasteiger partial charge in [0.15, 0.2) is 17.1 Å². The molecule has 4 nitrogen and oxygen atoms in total. The van der Waals surface area contributed by atoms with Crippen LogP contribution in [-0.2, 0) is 17.4 Å². The summed E-state index contributed by atoms with van der Waals surface area (Å²) in [6, 6.07) is 36.2. The minimum atomic E-state index is -0.899. The zero-order valence-electron chi connectivity index (χ0n) is 22.6. The Labute approximate surface area is 235 Å². The lowest BCUT2D eigenvalue weighted by Gasteiger charge is -2.56. The van der Waals surface area contributed by atoms with Gasteiger partial charge in [-0.2, -0.15) is 0 Å². The van der Waals surface area contributed by atoms with Crippen LogP contribution in [0.4, 0.5) is 0 Å². The van der Waals surface area contributed by atoms with Crippen molar-refractivity contribution in [3.63, 3.8) is 0 Å². The van der Waals surface area contributed by atoms with Gasteiger partial charge in [-0.25, -0.2) is 0 Å². The summed E-state index contributed by atoms with van der Waals surface area (Å²) in [6.45, 7) is 0.994. The first kappa shape index (κ1) is 24.0. The maximum Gasteiger partial charge on any atom is 0.184 e. The van der Waals surface area contributed by atoms with Gasteiger partial charge in [0.25, 0.3) is 0 Å². The Kier molecular flexibility index (Phi) is 5.29. The van der Waals surface area contributed by atoms with Gasteiger partial charge >= 0.3 is 0 Å². The zero-order chi connectivity index (χ0) is 26.9. The van der Waals surface area contributed by atoms with E-state index < -0.39 is 11.7 Å². The summed E-state index contributed by atoms with van der Waals surface area (Å²) in [7, 11) is 2.23. The normalized spacial score (nSPS) is 28.1. The Hall–Kier alpha value is -3.86. The lowest BCUT2D eigenvalue weighted by atomic mass is 9.53. The number of hydrogen-bond acceptors (Lipinski definition) is 4. The first-order chi connectivity index (χ1) is 19.6. The molecule has 1 N–H and O–H groups in total. The molecule has 4 aromatic carbocycles. The summed E-state index contributed by atoms with van der Waals surface area (Å²) in [5, 5.41) is 11.2.